The number of phosphoric acid groups is 1. The summed E-state index contributed by atoms with van der Waals surface area (Å²) in [5.41, 5.74) is 6.34. The lowest BCUT2D eigenvalue weighted by Gasteiger charge is -2.18. The molecular formula is C14H18N7O7P. The Morgan fingerprint density at radius 3 is 2.79 bits per heavy atom. The molecule has 1 aliphatic rings. The van der Waals surface area contributed by atoms with Crippen molar-refractivity contribution in [2.45, 2.75) is 31.5 Å². The second kappa shape index (κ2) is 7.33. The Balaban J connectivity index is 1.46. The number of aliphatic hydroxyl groups is 2. The number of nitrogens with two attached hydrogens (primary N) is 1. The molecule has 3 aromatic rings. The molecule has 5 atom stereocenters. The number of aryl methyl sites for hydroxylation is 1. The zero-order chi connectivity index (χ0) is 20.8. The van der Waals surface area contributed by atoms with Crippen LogP contribution in [-0.2, 0) is 13.8 Å². The number of anilines is 1. The van der Waals surface area contributed by atoms with Gasteiger partial charge in [0.25, 0.3) is 0 Å². The Hall–Kier alpha value is -2.61. The lowest BCUT2D eigenvalue weighted by molar-refractivity contribution is -0.0516. The van der Waals surface area contributed by atoms with Gasteiger partial charge in [0.15, 0.2) is 17.7 Å². The van der Waals surface area contributed by atoms with Crippen molar-refractivity contribution in [3.63, 3.8) is 0 Å². The van der Waals surface area contributed by atoms with Crippen LogP contribution in [0.1, 0.15) is 12.1 Å². The van der Waals surface area contributed by atoms with Crippen LogP contribution in [0.15, 0.2) is 25.0 Å². The first-order valence-corrected chi connectivity index (χ1v) is 9.88. The van der Waals surface area contributed by atoms with Crippen LogP contribution in [-0.4, -0.2) is 69.3 Å². The average Bonchev–Trinajstić information content (AvgIpc) is 3.34. The van der Waals surface area contributed by atoms with Crippen molar-refractivity contribution >= 4 is 24.8 Å². The molecule has 15 heteroatoms. The van der Waals surface area contributed by atoms with Crippen LogP contribution in [0.3, 0.4) is 0 Å². The van der Waals surface area contributed by atoms with Crippen LogP contribution in [0.2, 0.25) is 0 Å². The maximum Gasteiger partial charge on any atom is 0.546 e. The number of nitrogens with zero attached hydrogens (tertiary/aromatic N) is 6. The van der Waals surface area contributed by atoms with Crippen molar-refractivity contribution < 1.29 is 33.6 Å². The SMILES string of the molecule is Cc1nccn1OP(=O)(O)OC[C@H]1O[C@@H](n2cnc3c(N)ncnc32)[C@H](O)[C@@H]1O. The first kappa shape index (κ1) is 19.7. The number of aromatic nitrogens is 6. The van der Waals surface area contributed by atoms with E-state index in [2.05, 4.69) is 19.9 Å². The van der Waals surface area contributed by atoms with E-state index in [1.165, 1.54) is 29.6 Å². The minimum absolute atomic E-state index is 0.148. The van der Waals surface area contributed by atoms with Crippen molar-refractivity contribution in [3.8, 4) is 0 Å². The lowest BCUT2D eigenvalue weighted by atomic mass is 10.1. The van der Waals surface area contributed by atoms with Crippen LogP contribution < -0.4 is 10.4 Å². The van der Waals surface area contributed by atoms with Crippen LogP contribution in [0, 0.1) is 6.92 Å². The van der Waals surface area contributed by atoms with Crippen molar-refractivity contribution in [2.75, 3.05) is 12.3 Å². The van der Waals surface area contributed by atoms with Gasteiger partial charge in [0.2, 0.25) is 0 Å². The Labute approximate surface area is 163 Å². The number of fused-ring (bicyclic) bond motifs is 1. The largest absolute Gasteiger partial charge is 0.546 e. The fourth-order valence-corrected chi connectivity index (χ4v) is 3.69. The van der Waals surface area contributed by atoms with Gasteiger partial charge in [0.05, 0.1) is 19.1 Å². The van der Waals surface area contributed by atoms with E-state index < -0.39 is 39.0 Å². The Morgan fingerprint density at radius 2 is 2.07 bits per heavy atom. The highest BCUT2D eigenvalue weighted by atomic mass is 31.2. The third-order valence-corrected chi connectivity index (χ3v) is 5.23. The van der Waals surface area contributed by atoms with E-state index >= 15 is 0 Å². The van der Waals surface area contributed by atoms with Gasteiger partial charge in [-0.3, -0.25) is 14.0 Å². The third-order valence-electron chi connectivity index (χ3n) is 4.37. The molecule has 4 rings (SSSR count). The highest BCUT2D eigenvalue weighted by molar-refractivity contribution is 7.47. The molecule has 0 aliphatic carbocycles. The van der Waals surface area contributed by atoms with E-state index in [0.717, 1.165) is 4.73 Å². The molecule has 4 heterocycles. The lowest BCUT2D eigenvalue weighted by Crippen LogP contribution is -2.33. The van der Waals surface area contributed by atoms with E-state index in [9.17, 15) is 19.7 Å². The van der Waals surface area contributed by atoms with E-state index in [-0.39, 0.29) is 5.82 Å². The van der Waals surface area contributed by atoms with E-state index in [4.69, 9.17) is 19.6 Å². The number of phosphoric ester groups is 1. The molecule has 1 aliphatic heterocycles. The van der Waals surface area contributed by atoms with Crippen LogP contribution >= 0.6 is 7.82 Å². The van der Waals surface area contributed by atoms with Crippen LogP contribution in [0.5, 0.6) is 0 Å². The van der Waals surface area contributed by atoms with Gasteiger partial charge in [-0.25, -0.2) is 24.5 Å². The van der Waals surface area contributed by atoms with Gasteiger partial charge in [-0.05, 0) is 6.92 Å². The highest BCUT2D eigenvalue weighted by Crippen LogP contribution is 2.41. The quantitative estimate of drug-likeness (QED) is 0.343. The summed E-state index contributed by atoms with van der Waals surface area (Å²) in [6.07, 6.45) is 0.282. The summed E-state index contributed by atoms with van der Waals surface area (Å²) in [7, 11) is -4.54. The molecule has 0 bridgehead atoms. The van der Waals surface area contributed by atoms with Crippen LogP contribution in [0.25, 0.3) is 11.2 Å². The second-order valence-corrected chi connectivity index (χ2v) is 7.63. The number of imidazole rings is 2. The van der Waals surface area contributed by atoms with Crippen molar-refractivity contribution in [2.24, 2.45) is 0 Å². The molecule has 1 unspecified atom stereocenters. The number of nitrogen functional groups attached to an aromatic ring is 1. The topological polar surface area (TPSA) is 193 Å². The third kappa shape index (κ3) is 3.69. The molecular weight excluding hydrogens is 409 g/mol. The summed E-state index contributed by atoms with van der Waals surface area (Å²) in [5.74, 6) is 0.485. The number of hydrogen-bond acceptors (Lipinski definition) is 11. The highest BCUT2D eigenvalue weighted by Gasteiger charge is 2.45. The maximum atomic E-state index is 12.1. The van der Waals surface area contributed by atoms with Gasteiger partial charge in [-0.2, -0.15) is 4.73 Å². The zero-order valence-electron chi connectivity index (χ0n) is 15.0. The van der Waals surface area contributed by atoms with Gasteiger partial charge in [-0.1, -0.05) is 0 Å². The summed E-state index contributed by atoms with van der Waals surface area (Å²) in [6, 6.07) is 0. The van der Waals surface area contributed by atoms with Gasteiger partial charge < -0.3 is 25.3 Å². The Kier molecular flexibility index (Phi) is 4.98. The minimum Gasteiger partial charge on any atom is -0.387 e. The molecule has 0 spiro atoms. The average molecular weight is 427 g/mol. The molecule has 0 saturated carbocycles. The molecule has 1 fully saturated rings. The summed E-state index contributed by atoms with van der Waals surface area (Å²) >= 11 is 0. The summed E-state index contributed by atoms with van der Waals surface area (Å²) in [4.78, 5) is 25.7. The molecule has 0 aromatic carbocycles. The fraction of sp³-hybridized carbons (Fsp3) is 0.429. The standard InChI is InChI=1S/C14H18N7O7P/c1-7-16-2-3-21(7)28-29(24,25)26-4-8-10(22)11(23)14(27-8)20-6-19-9-12(15)17-5-18-13(9)20/h2-3,5-6,8,10-11,14,22-23H,4H2,1H3,(H,24,25)(H2,15,17,18)/t8-,10-,11-,14-/m1/s1. The second-order valence-electron chi connectivity index (χ2n) is 6.28. The molecule has 29 heavy (non-hydrogen) atoms. The first-order chi connectivity index (χ1) is 13.8. The smallest absolute Gasteiger partial charge is 0.387 e. The Bertz CT molecular complexity index is 1070. The van der Waals surface area contributed by atoms with Gasteiger partial charge in [0.1, 0.15) is 36.0 Å². The maximum absolute atomic E-state index is 12.1. The predicted molar refractivity (Wildman–Crippen MR) is 95.0 cm³/mol. The zero-order valence-corrected chi connectivity index (χ0v) is 15.9. The number of aliphatic hydroxyl groups excluding tert-OH is 2. The number of ether oxygens (including phenoxy) is 1. The molecule has 0 amide bonds. The van der Waals surface area contributed by atoms with Crippen molar-refractivity contribution in [3.05, 3.63) is 30.9 Å². The van der Waals surface area contributed by atoms with Gasteiger partial charge in [0, 0.05) is 6.20 Å². The minimum atomic E-state index is -4.54. The van der Waals surface area contributed by atoms with Crippen molar-refractivity contribution in [1.82, 2.24) is 29.2 Å². The van der Waals surface area contributed by atoms with E-state index in [0.29, 0.717) is 17.0 Å². The summed E-state index contributed by atoms with van der Waals surface area (Å²) < 4.78 is 29.9. The summed E-state index contributed by atoms with van der Waals surface area (Å²) in [6.45, 7) is 1.04. The van der Waals surface area contributed by atoms with Gasteiger partial charge >= 0.3 is 7.82 Å². The first-order valence-electron chi connectivity index (χ1n) is 8.39. The molecule has 1 saturated heterocycles. The van der Waals surface area contributed by atoms with E-state index in [1.807, 2.05) is 0 Å². The normalized spacial score (nSPS) is 26.6. The molecule has 3 aromatic heterocycles. The number of rotatable bonds is 6. The van der Waals surface area contributed by atoms with Crippen LogP contribution in [0.4, 0.5) is 5.82 Å². The predicted octanol–water partition coefficient (Wildman–Crippen LogP) is -1.22. The molecule has 14 nitrogen and oxygen atoms in total. The monoisotopic (exact) mass is 427 g/mol. The molecule has 5 N–H and O–H groups in total. The van der Waals surface area contributed by atoms with Gasteiger partial charge in [-0.15, -0.1) is 0 Å². The summed E-state index contributed by atoms with van der Waals surface area (Å²) in [5, 5.41) is 20.7. The number of hydrogen-bond donors (Lipinski definition) is 4. The van der Waals surface area contributed by atoms with E-state index in [1.54, 1.807) is 6.92 Å². The van der Waals surface area contributed by atoms with Crippen molar-refractivity contribution in [1.29, 1.82) is 0 Å². The fourth-order valence-electron chi connectivity index (χ4n) is 2.91. The molecule has 0 radical (unpaired) electrons. The molecule has 156 valence electrons. The Morgan fingerprint density at radius 1 is 1.28 bits per heavy atom.